The Morgan fingerprint density at radius 1 is 1.06 bits per heavy atom. The van der Waals surface area contributed by atoms with E-state index in [1.54, 1.807) is 17.9 Å². The predicted molar refractivity (Wildman–Crippen MR) is 125 cm³/mol. The van der Waals surface area contributed by atoms with Crippen LogP contribution in [-0.4, -0.2) is 42.6 Å². The number of piperidine rings is 1. The molecule has 1 aromatic carbocycles. The number of ether oxygens (including phenoxy) is 2. The number of hydrogen-bond donors (Lipinski definition) is 0. The summed E-state index contributed by atoms with van der Waals surface area (Å²) in [4.78, 5) is 25.8. The molecule has 0 N–H and O–H groups in total. The van der Waals surface area contributed by atoms with Crippen LogP contribution in [0.5, 0.6) is 5.75 Å². The summed E-state index contributed by atoms with van der Waals surface area (Å²) in [5.74, 6) is 0.474. The molecule has 31 heavy (non-hydrogen) atoms. The third-order valence-electron chi connectivity index (χ3n) is 5.44. The Hall–Kier alpha value is -2.56. The fourth-order valence-electron chi connectivity index (χ4n) is 3.56. The van der Waals surface area contributed by atoms with Crippen molar-refractivity contribution in [2.24, 2.45) is 0 Å². The molecular formula is C26H37NO4. The third-order valence-corrected chi connectivity index (χ3v) is 5.44. The Bertz CT molecular complexity index is 730. The van der Waals surface area contributed by atoms with Gasteiger partial charge in [0, 0.05) is 37.6 Å². The van der Waals surface area contributed by atoms with Gasteiger partial charge in [-0.15, -0.1) is 0 Å². The van der Waals surface area contributed by atoms with Gasteiger partial charge in [0.1, 0.15) is 11.9 Å². The number of amides is 1. The number of esters is 1. The van der Waals surface area contributed by atoms with Crippen LogP contribution in [-0.2, 0) is 14.3 Å². The number of benzene rings is 1. The summed E-state index contributed by atoms with van der Waals surface area (Å²) < 4.78 is 11.3. The van der Waals surface area contributed by atoms with Crippen LogP contribution in [0.1, 0.15) is 70.8 Å². The Labute approximate surface area is 187 Å². The van der Waals surface area contributed by atoms with Crippen molar-refractivity contribution in [1.82, 2.24) is 4.90 Å². The van der Waals surface area contributed by atoms with Crippen molar-refractivity contribution < 1.29 is 19.1 Å². The molecule has 0 aliphatic carbocycles. The van der Waals surface area contributed by atoms with E-state index < -0.39 is 0 Å². The van der Waals surface area contributed by atoms with Crippen molar-refractivity contribution in [3.8, 4) is 5.75 Å². The van der Waals surface area contributed by atoms with Crippen LogP contribution in [0.4, 0.5) is 0 Å². The van der Waals surface area contributed by atoms with Gasteiger partial charge in [-0.3, -0.25) is 4.79 Å². The van der Waals surface area contributed by atoms with Gasteiger partial charge in [-0.1, -0.05) is 57.7 Å². The van der Waals surface area contributed by atoms with Gasteiger partial charge in [0.25, 0.3) is 0 Å². The molecule has 0 saturated carbocycles. The molecule has 5 nitrogen and oxygen atoms in total. The molecule has 2 rings (SSSR count). The van der Waals surface area contributed by atoms with Gasteiger partial charge >= 0.3 is 5.97 Å². The molecule has 1 amide bonds. The molecule has 1 aliphatic rings. The van der Waals surface area contributed by atoms with Gasteiger partial charge in [0.05, 0.1) is 6.61 Å². The first kappa shape index (κ1) is 24.7. The average Bonchev–Trinajstić information content (AvgIpc) is 2.78. The summed E-state index contributed by atoms with van der Waals surface area (Å²) in [6, 6.07) is 7.72. The summed E-state index contributed by atoms with van der Waals surface area (Å²) in [7, 11) is 0. The second kappa shape index (κ2) is 13.7. The second-order valence-corrected chi connectivity index (χ2v) is 8.23. The monoisotopic (exact) mass is 427 g/mol. The van der Waals surface area contributed by atoms with Gasteiger partial charge < -0.3 is 14.4 Å². The minimum atomic E-state index is -0.354. The van der Waals surface area contributed by atoms with Crippen LogP contribution >= 0.6 is 0 Å². The summed E-state index contributed by atoms with van der Waals surface area (Å²) in [6.07, 6.45) is 11.8. The van der Waals surface area contributed by atoms with Gasteiger partial charge in [-0.2, -0.15) is 0 Å². The van der Waals surface area contributed by atoms with Crippen molar-refractivity contribution in [2.75, 3.05) is 19.7 Å². The first-order valence-electron chi connectivity index (χ1n) is 11.6. The van der Waals surface area contributed by atoms with E-state index in [1.807, 2.05) is 24.3 Å². The SMILES string of the molecule is C=C(C)C(=O)N1CCC(OC(=O)/C=C/c2ccc(OCCCCCCCC)cc2)CC1. The molecule has 0 aromatic heterocycles. The van der Waals surface area contributed by atoms with E-state index in [-0.39, 0.29) is 18.0 Å². The smallest absolute Gasteiger partial charge is 0.331 e. The first-order valence-corrected chi connectivity index (χ1v) is 11.6. The molecule has 0 atom stereocenters. The van der Waals surface area contributed by atoms with Gasteiger partial charge in [-0.05, 0) is 37.1 Å². The minimum absolute atomic E-state index is 0.0240. The molecule has 0 bridgehead atoms. The lowest BCUT2D eigenvalue weighted by Gasteiger charge is -2.31. The van der Waals surface area contributed by atoms with Crippen LogP contribution in [0.15, 0.2) is 42.5 Å². The number of unbranched alkanes of at least 4 members (excludes halogenated alkanes) is 5. The number of hydrogen-bond acceptors (Lipinski definition) is 4. The normalized spacial score (nSPS) is 14.6. The van der Waals surface area contributed by atoms with Crippen LogP contribution in [0.3, 0.4) is 0 Å². The molecule has 5 heteroatoms. The molecule has 1 heterocycles. The molecule has 1 saturated heterocycles. The van der Waals surface area contributed by atoms with E-state index in [2.05, 4.69) is 13.5 Å². The second-order valence-electron chi connectivity index (χ2n) is 8.23. The first-order chi connectivity index (χ1) is 15.0. The highest BCUT2D eigenvalue weighted by Gasteiger charge is 2.24. The lowest BCUT2D eigenvalue weighted by molar-refractivity contribution is -0.146. The zero-order valence-electron chi connectivity index (χ0n) is 19.1. The maximum atomic E-state index is 12.1. The highest BCUT2D eigenvalue weighted by molar-refractivity contribution is 5.92. The van der Waals surface area contributed by atoms with E-state index in [4.69, 9.17) is 9.47 Å². The fraction of sp³-hybridized carbons (Fsp3) is 0.538. The highest BCUT2D eigenvalue weighted by atomic mass is 16.5. The molecule has 170 valence electrons. The minimum Gasteiger partial charge on any atom is -0.494 e. The quantitative estimate of drug-likeness (QED) is 0.249. The van der Waals surface area contributed by atoms with E-state index >= 15 is 0 Å². The van der Waals surface area contributed by atoms with E-state index in [1.165, 1.54) is 38.2 Å². The van der Waals surface area contributed by atoms with Crippen molar-refractivity contribution in [1.29, 1.82) is 0 Å². The molecule has 1 aromatic rings. The molecule has 0 unspecified atom stereocenters. The van der Waals surface area contributed by atoms with Crippen molar-refractivity contribution in [3.05, 3.63) is 48.1 Å². The van der Waals surface area contributed by atoms with E-state index in [9.17, 15) is 9.59 Å². The predicted octanol–water partition coefficient (Wildman–Crippen LogP) is 5.55. The van der Waals surface area contributed by atoms with Gasteiger partial charge in [0.15, 0.2) is 0 Å². The topological polar surface area (TPSA) is 55.8 Å². The molecule has 0 spiro atoms. The van der Waals surface area contributed by atoms with Crippen molar-refractivity contribution in [2.45, 2.75) is 71.3 Å². The summed E-state index contributed by atoms with van der Waals surface area (Å²) in [6.45, 7) is 9.56. The molecule has 1 fully saturated rings. The third kappa shape index (κ3) is 9.41. The number of carbonyl (C=O) groups excluding carboxylic acids is 2. The van der Waals surface area contributed by atoms with Crippen molar-refractivity contribution in [3.63, 3.8) is 0 Å². The lowest BCUT2D eigenvalue weighted by atomic mass is 10.1. The lowest BCUT2D eigenvalue weighted by Crippen LogP contribution is -2.41. The van der Waals surface area contributed by atoms with Crippen LogP contribution in [0.25, 0.3) is 6.08 Å². The van der Waals surface area contributed by atoms with Crippen LogP contribution < -0.4 is 4.74 Å². The molecule has 0 radical (unpaired) electrons. The summed E-state index contributed by atoms with van der Waals surface area (Å²) >= 11 is 0. The standard InChI is InChI=1S/C26H37NO4/c1-4-5-6-7-8-9-20-30-23-13-10-22(11-14-23)12-15-25(28)31-24-16-18-27(19-17-24)26(29)21(2)3/h10-15,24H,2,4-9,16-20H2,1,3H3/b15-12+. The Morgan fingerprint density at radius 3 is 2.35 bits per heavy atom. The average molecular weight is 428 g/mol. The number of rotatable bonds is 12. The fourth-order valence-corrected chi connectivity index (χ4v) is 3.56. The highest BCUT2D eigenvalue weighted by Crippen LogP contribution is 2.17. The Kier molecular flexibility index (Phi) is 10.9. The Balaban J connectivity index is 1.66. The van der Waals surface area contributed by atoms with E-state index in [0.29, 0.717) is 31.5 Å². The largest absolute Gasteiger partial charge is 0.494 e. The number of carbonyl (C=O) groups is 2. The maximum Gasteiger partial charge on any atom is 0.331 e. The zero-order chi connectivity index (χ0) is 22.5. The summed E-state index contributed by atoms with van der Waals surface area (Å²) in [5.41, 5.74) is 1.46. The van der Waals surface area contributed by atoms with Crippen LogP contribution in [0, 0.1) is 0 Å². The number of likely N-dealkylation sites (tertiary alicyclic amines) is 1. The van der Waals surface area contributed by atoms with Gasteiger partial charge in [0.2, 0.25) is 5.91 Å². The Morgan fingerprint density at radius 2 is 1.71 bits per heavy atom. The summed E-state index contributed by atoms with van der Waals surface area (Å²) in [5, 5.41) is 0. The number of nitrogens with zero attached hydrogens (tertiary/aromatic N) is 1. The maximum absolute atomic E-state index is 12.1. The van der Waals surface area contributed by atoms with Crippen molar-refractivity contribution >= 4 is 18.0 Å². The molecular weight excluding hydrogens is 390 g/mol. The molecule has 1 aliphatic heterocycles. The van der Waals surface area contributed by atoms with E-state index in [0.717, 1.165) is 24.3 Å². The van der Waals surface area contributed by atoms with Crippen LogP contribution in [0.2, 0.25) is 0 Å². The van der Waals surface area contributed by atoms with Gasteiger partial charge in [-0.25, -0.2) is 4.79 Å². The zero-order valence-corrected chi connectivity index (χ0v) is 19.1.